The molecule has 17 heavy (non-hydrogen) atoms. The van der Waals surface area contributed by atoms with Crippen LogP contribution >= 0.6 is 0 Å². The molecule has 0 bridgehead atoms. The number of nitrogens with zero attached hydrogens (tertiary/aromatic N) is 1. The molecule has 0 aromatic heterocycles. The maximum Gasteiger partial charge on any atom is 0.0107 e. The Balaban J connectivity index is 1.87. The summed E-state index contributed by atoms with van der Waals surface area (Å²) < 4.78 is 0. The maximum absolute atomic E-state index is 5.99. The van der Waals surface area contributed by atoms with E-state index in [9.17, 15) is 0 Å². The van der Waals surface area contributed by atoms with E-state index in [0.717, 1.165) is 6.42 Å². The molecule has 2 rings (SSSR count). The summed E-state index contributed by atoms with van der Waals surface area (Å²) in [5.74, 6) is 0.688. The van der Waals surface area contributed by atoms with Gasteiger partial charge < -0.3 is 5.73 Å². The Morgan fingerprint density at radius 3 is 2.59 bits per heavy atom. The minimum Gasteiger partial charge on any atom is -0.328 e. The quantitative estimate of drug-likeness (QED) is 0.863. The summed E-state index contributed by atoms with van der Waals surface area (Å²) in [6.45, 7) is 6.85. The van der Waals surface area contributed by atoms with E-state index in [2.05, 4.69) is 49.1 Å². The first kappa shape index (κ1) is 12.6. The Hall–Kier alpha value is -0.860. The van der Waals surface area contributed by atoms with Crippen LogP contribution in [0.3, 0.4) is 0 Å². The number of hydrogen-bond donors (Lipinski definition) is 1. The summed E-state index contributed by atoms with van der Waals surface area (Å²) in [5, 5.41) is 0. The van der Waals surface area contributed by atoms with Crippen molar-refractivity contribution in [2.75, 3.05) is 13.1 Å². The van der Waals surface area contributed by atoms with Crippen molar-refractivity contribution in [3.63, 3.8) is 0 Å². The van der Waals surface area contributed by atoms with Crippen LogP contribution in [0.4, 0.5) is 0 Å². The van der Waals surface area contributed by atoms with E-state index in [1.165, 1.54) is 25.1 Å². The lowest BCUT2D eigenvalue weighted by atomic mass is 10.0. The molecule has 1 saturated heterocycles. The number of likely N-dealkylation sites (tertiary alicyclic amines) is 1. The Morgan fingerprint density at radius 2 is 2.00 bits per heavy atom. The lowest BCUT2D eigenvalue weighted by molar-refractivity contribution is 0.243. The number of rotatable bonds is 4. The summed E-state index contributed by atoms with van der Waals surface area (Å²) in [4.78, 5) is 2.58. The molecule has 1 aliphatic heterocycles. The van der Waals surface area contributed by atoms with Gasteiger partial charge >= 0.3 is 0 Å². The van der Waals surface area contributed by atoms with Crippen molar-refractivity contribution in [3.8, 4) is 0 Å². The van der Waals surface area contributed by atoms with Gasteiger partial charge in [0.15, 0.2) is 0 Å². The van der Waals surface area contributed by atoms with E-state index < -0.39 is 0 Å². The molecular weight excluding hydrogens is 208 g/mol. The highest BCUT2D eigenvalue weighted by atomic mass is 15.2. The fourth-order valence-corrected chi connectivity index (χ4v) is 2.73. The second-order valence-corrected chi connectivity index (χ2v) is 5.44. The van der Waals surface area contributed by atoms with Crippen LogP contribution < -0.4 is 5.73 Å². The van der Waals surface area contributed by atoms with Crippen LogP contribution in [-0.2, 0) is 6.42 Å². The molecule has 2 heteroatoms. The average molecular weight is 232 g/mol. The third kappa shape index (κ3) is 3.30. The third-order valence-electron chi connectivity index (χ3n) is 4.00. The average Bonchev–Trinajstić information content (AvgIpc) is 2.79. The first-order valence-electron chi connectivity index (χ1n) is 6.70. The van der Waals surface area contributed by atoms with E-state index in [1.807, 2.05) is 0 Å². The van der Waals surface area contributed by atoms with Crippen LogP contribution in [0.2, 0.25) is 0 Å². The molecule has 0 saturated carbocycles. The van der Waals surface area contributed by atoms with Gasteiger partial charge in [-0.1, -0.05) is 30.3 Å². The first-order chi connectivity index (χ1) is 8.16. The molecule has 2 nitrogen and oxygen atoms in total. The zero-order valence-corrected chi connectivity index (χ0v) is 11.0. The Labute approximate surface area is 105 Å². The van der Waals surface area contributed by atoms with Crippen molar-refractivity contribution in [1.82, 2.24) is 4.90 Å². The minimum absolute atomic E-state index is 0.337. The molecule has 1 aliphatic rings. The van der Waals surface area contributed by atoms with Gasteiger partial charge in [0.1, 0.15) is 0 Å². The molecule has 1 aromatic rings. The maximum atomic E-state index is 5.99. The second-order valence-electron chi connectivity index (χ2n) is 5.44. The zero-order valence-electron chi connectivity index (χ0n) is 11.0. The van der Waals surface area contributed by atoms with Gasteiger partial charge in [0.05, 0.1) is 0 Å². The van der Waals surface area contributed by atoms with Crippen molar-refractivity contribution >= 4 is 0 Å². The first-order valence-corrected chi connectivity index (χ1v) is 6.70. The third-order valence-corrected chi connectivity index (χ3v) is 4.00. The standard InChI is InChI=1S/C15H24N2/c1-12(10-14-6-4-3-5-7-14)17-9-8-15(11-17)13(2)16/h3-7,12-13,15H,8-11,16H2,1-2H3. The Bertz CT molecular complexity index is 334. The molecule has 0 amide bonds. The lowest BCUT2D eigenvalue weighted by Gasteiger charge is -2.25. The van der Waals surface area contributed by atoms with Crippen LogP contribution in [0.25, 0.3) is 0 Å². The minimum atomic E-state index is 0.337. The van der Waals surface area contributed by atoms with Crippen LogP contribution in [0.1, 0.15) is 25.8 Å². The molecule has 94 valence electrons. The van der Waals surface area contributed by atoms with Gasteiger partial charge in [-0.25, -0.2) is 0 Å². The number of nitrogens with two attached hydrogens (primary N) is 1. The van der Waals surface area contributed by atoms with Crippen molar-refractivity contribution in [3.05, 3.63) is 35.9 Å². The summed E-state index contributed by atoms with van der Waals surface area (Å²) >= 11 is 0. The van der Waals surface area contributed by atoms with Crippen LogP contribution in [0.15, 0.2) is 30.3 Å². The number of benzene rings is 1. The van der Waals surface area contributed by atoms with Crippen molar-refractivity contribution < 1.29 is 0 Å². The summed E-state index contributed by atoms with van der Waals surface area (Å²) in [5.41, 5.74) is 7.42. The summed E-state index contributed by atoms with van der Waals surface area (Å²) in [7, 11) is 0. The zero-order chi connectivity index (χ0) is 12.3. The van der Waals surface area contributed by atoms with Gasteiger partial charge in [-0.05, 0) is 44.7 Å². The van der Waals surface area contributed by atoms with Crippen molar-refractivity contribution in [2.24, 2.45) is 11.7 Å². The molecule has 1 fully saturated rings. The Morgan fingerprint density at radius 1 is 1.29 bits per heavy atom. The predicted octanol–water partition coefficient (Wildman–Crippen LogP) is 2.29. The smallest absolute Gasteiger partial charge is 0.0107 e. The van der Waals surface area contributed by atoms with E-state index in [-0.39, 0.29) is 0 Å². The fraction of sp³-hybridized carbons (Fsp3) is 0.600. The molecule has 3 atom stereocenters. The van der Waals surface area contributed by atoms with E-state index in [0.29, 0.717) is 18.0 Å². The summed E-state index contributed by atoms with van der Waals surface area (Å²) in [6.07, 6.45) is 2.41. The molecular formula is C15H24N2. The molecule has 1 heterocycles. The normalized spacial score (nSPS) is 24.8. The molecule has 0 spiro atoms. The lowest BCUT2D eigenvalue weighted by Crippen LogP contribution is -2.35. The molecule has 0 aliphatic carbocycles. The SMILES string of the molecule is CC(N)C1CCN(C(C)Cc2ccccc2)C1. The van der Waals surface area contributed by atoms with Gasteiger partial charge in [0.2, 0.25) is 0 Å². The molecule has 1 aromatic carbocycles. The highest BCUT2D eigenvalue weighted by Crippen LogP contribution is 2.22. The largest absolute Gasteiger partial charge is 0.328 e. The highest BCUT2D eigenvalue weighted by molar-refractivity contribution is 5.15. The van der Waals surface area contributed by atoms with Crippen LogP contribution in [0.5, 0.6) is 0 Å². The van der Waals surface area contributed by atoms with E-state index in [4.69, 9.17) is 5.73 Å². The molecule has 0 radical (unpaired) electrons. The molecule has 3 unspecified atom stereocenters. The van der Waals surface area contributed by atoms with E-state index in [1.54, 1.807) is 0 Å². The highest BCUT2D eigenvalue weighted by Gasteiger charge is 2.27. The second kappa shape index (κ2) is 5.65. The van der Waals surface area contributed by atoms with Crippen LogP contribution in [0, 0.1) is 5.92 Å². The van der Waals surface area contributed by atoms with Gasteiger partial charge in [-0.3, -0.25) is 4.90 Å². The topological polar surface area (TPSA) is 29.3 Å². The van der Waals surface area contributed by atoms with Gasteiger partial charge in [0.25, 0.3) is 0 Å². The number of hydrogen-bond acceptors (Lipinski definition) is 2. The van der Waals surface area contributed by atoms with Gasteiger partial charge in [-0.15, -0.1) is 0 Å². The van der Waals surface area contributed by atoms with E-state index >= 15 is 0 Å². The molecule has 2 N–H and O–H groups in total. The van der Waals surface area contributed by atoms with Gasteiger partial charge in [0, 0.05) is 18.6 Å². The van der Waals surface area contributed by atoms with Crippen molar-refractivity contribution in [2.45, 2.75) is 38.8 Å². The predicted molar refractivity (Wildman–Crippen MR) is 72.9 cm³/mol. The van der Waals surface area contributed by atoms with Gasteiger partial charge in [-0.2, -0.15) is 0 Å². The monoisotopic (exact) mass is 232 g/mol. The fourth-order valence-electron chi connectivity index (χ4n) is 2.73. The van der Waals surface area contributed by atoms with Crippen LogP contribution in [-0.4, -0.2) is 30.1 Å². The van der Waals surface area contributed by atoms with Crippen molar-refractivity contribution in [1.29, 1.82) is 0 Å². The summed E-state index contributed by atoms with van der Waals surface area (Å²) in [6, 6.07) is 11.7. The Kier molecular flexibility index (Phi) is 4.19.